The van der Waals surface area contributed by atoms with E-state index in [1.165, 1.54) is 0 Å². The lowest BCUT2D eigenvalue weighted by atomic mass is 10.1. The Hall–Kier alpha value is -1.36. The second-order valence-corrected chi connectivity index (χ2v) is 4.29. The topological polar surface area (TPSA) is 58.4 Å². The van der Waals surface area contributed by atoms with Crippen molar-refractivity contribution in [3.8, 4) is 0 Å². The van der Waals surface area contributed by atoms with Crippen LogP contribution in [0.15, 0.2) is 12.4 Å². The van der Waals surface area contributed by atoms with E-state index in [1.807, 2.05) is 12.4 Å². The number of nitrogens with zero attached hydrogens (tertiary/aromatic N) is 3. The van der Waals surface area contributed by atoms with Crippen molar-refractivity contribution >= 4 is 5.97 Å². The molecule has 1 aromatic rings. The molecule has 1 aliphatic heterocycles. The Kier molecular flexibility index (Phi) is 3.24. The fourth-order valence-electron chi connectivity index (χ4n) is 2.08. The molecule has 1 unspecified atom stereocenters. The molecule has 88 valence electrons. The smallest absolute Gasteiger partial charge is 0.303 e. The average Bonchev–Trinajstić information content (AvgIpc) is 2.72. The van der Waals surface area contributed by atoms with E-state index in [-0.39, 0.29) is 6.42 Å². The molecule has 2 heterocycles. The Morgan fingerprint density at radius 3 is 3.19 bits per heavy atom. The van der Waals surface area contributed by atoms with Crippen LogP contribution < -0.4 is 0 Å². The van der Waals surface area contributed by atoms with Gasteiger partial charge in [0.1, 0.15) is 5.82 Å². The van der Waals surface area contributed by atoms with Gasteiger partial charge in [-0.05, 0) is 13.3 Å². The number of imidazole rings is 1. The molecular weight excluding hydrogens is 206 g/mol. The summed E-state index contributed by atoms with van der Waals surface area (Å²) in [6.07, 6.45) is 4.76. The molecule has 1 atom stereocenters. The van der Waals surface area contributed by atoms with Gasteiger partial charge in [-0.3, -0.25) is 9.69 Å². The molecule has 0 spiro atoms. The van der Waals surface area contributed by atoms with Crippen LogP contribution in [0.5, 0.6) is 0 Å². The third-order valence-corrected chi connectivity index (χ3v) is 3.17. The van der Waals surface area contributed by atoms with Crippen LogP contribution in [0.3, 0.4) is 0 Å². The van der Waals surface area contributed by atoms with Gasteiger partial charge in [-0.15, -0.1) is 0 Å². The first-order valence-corrected chi connectivity index (χ1v) is 5.62. The molecule has 0 aliphatic carbocycles. The molecule has 0 radical (unpaired) electrons. The van der Waals surface area contributed by atoms with Crippen molar-refractivity contribution in [2.75, 3.05) is 6.54 Å². The number of aliphatic carboxylic acids is 1. The Morgan fingerprint density at radius 1 is 1.62 bits per heavy atom. The largest absolute Gasteiger partial charge is 0.481 e. The van der Waals surface area contributed by atoms with E-state index in [1.54, 1.807) is 0 Å². The number of carbonyl (C=O) groups is 1. The van der Waals surface area contributed by atoms with E-state index < -0.39 is 5.97 Å². The van der Waals surface area contributed by atoms with Crippen LogP contribution in [0.1, 0.15) is 25.6 Å². The van der Waals surface area contributed by atoms with Gasteiger partial charge in [0.05, 0.1) is 6.54 Å². The number of hydrogen-bond donors (Lipinski definition) is 1. The molecule has 0 bridgehead atoms. The lowest BCUT2D eigenvalue weighted by Crippen LogP contribution is -2.39. The molecule has 5 nitrogen and oxygen atoms in total. The molecule has 0 saturated carbocycles. The van der Waals surface area contributed by atoms with Gasteiger partial charge in [0.2, 0.25) is 0 Å². The molecule has 2 rings (SSSR count). The Bertz CT molecular complexity index is 375. The van der Waals surface area contributed by atoms with E-state index in [2.05, 4.69) is 21.4 Å². The number of carboxylic acids is 1. The molecule has 0 saturated heterocycles. The molecular formula is C11H17N3O2. The van der Waals surface area contributed by atoms with Gasteiger partial charge in [-0.1, -0.05) is 0 Å². The molecule has 0 fully saturated rings. The summed E-state index contributed by atoms with van der Waals surface area (Å²) < 4.78 is 2.15. The predicted molar refractivity (Wildman–Crippen MR) is 59.0 cm³/mol. The lowest BCUT2D eigenvalue weighted by molar-refractivity contribution is -0.137. The summed E-state index contributed by atoms with van der Waals surface area (Å²) in [5.41, 5.74) is 0. The molecule has 0 aromatic carbocycles. The zero-order valence-electron chi connectivity index (χ0n) is 9.46. The van der Waals surface area contributed by atoms with Gasteiger partial charge in [-0.25, -0.2) is 4.98 Å². The molecule has 1 aromatic heterocycles. The maximum atomic E-state index is 10.5. The third-order valence-electron chi connectivity index (χ3n) is 3.17. The molecule has 1 aliphatic rings. The summed E-state index contributed by atoms with van der Waals surface area (Å²) in [6.45, 7) is 4.84. The Morgan fingerprint density at radius 2 is 2.44 bits per heavy atom. The van der Waals surface area contributed by atoms with Gasteiger partial charge in [-0.2, -0.15) is 0 Å². The van der Waals surface area contributed by atoms with E-state index in [0.717, 1.165) is 25.5 Å². The van der Waals surface area contributed by atoms with E-state index in [4.69, 9.17) is 5.11 Å². The van der Waals surface area contributed by atoms with E-state index in [0.29, 0.717) is 12.5 Å². The number of hydrogen-bond acceptors (Lipinski definition) is 3. The molecule has 0 amide bonds. The first-order chi connectivity index (χ1) is 7.66. The maximum absolute atomic E-state index is 10.5. The van der Waals surface area contributed by atoms with Crippen molar-refractivity contribution in [3.63, 3.8) is 0 Å². The second kappa shape index (κ2) is 4.65. The highest BCUT2D eigenvalue weighted by atomic mass is 16.4. The van der Waals surface area contributed by atoms with Gasteiger partial charge >= 0.3 is 5.97 Å². The number of carboxylic acid groups (broad SMARTS) is 1. The predicted octanol–water partition coefficient (Wildman–Crippen LogP) is 0.952. The minimum Gasteiger partial charge on any atom is -0.481 e. The van der Waals surface area contributed by atoms with Crippen LogP contribution in [0.25, 0.3) is 0 Å². The highest BCUT2D eigenvalue weighted by Gasteiger charge is 2.21. The van der Waals surface area contributed by atoms with E-state index in [9.17, 15) is 4.79 Å². The van der Waals surface area contributed by atoms with Crippen molar-refractivity contribution in [3.05, 3.63) is 18.2 Å². The summed E-state index contributed by atoms with van der Waals surface area (Å²) in [5, 5.41) is 8.65. The average molecular weight is 223 g/mol. The normalized spacial score (nSPS) is 18.1. The van der Waals surface area contributed by atoms with E-state index >= 15 is 0 Å². The van der Waals surface area contributed by atoms with Crippen LogP contribution in [0.2, 0.25) is 0 Å². The molecule has 16 heavy (non-hydrogen) atoms. The molecule has 1 N–H and O–H groups in total. The van der Waals surface area contributed by atoms with Gasteiger partial charge in [0, 0.05) is 37.9 Å². The lowest BCUT2D eigenvalue weighted by Gasteiger charge is -2.32. The summed E-state index contributed by atoms with van der Waals surface area (Å²) >= 11 is 0. The zero-order valence-corrected chi connectivity index (χ0v) is 9.46. The van der Waals surface area contributed by atoms with Crippen molar-refractivity contribution in [1.29, 1.82) is 0 Å². The first kappa shape index (κ1) is 11.1. The van der Waals surface area contributed by atoms with Gasteiger partial charge in [0.25, 0.3) is 0 Å². The van der Waals surface area contributed by atoms with Gasteiger partial charge < -0.3 is 9.67 Å². The van der Waals surface area contributed by atoms with Crippen LogP contribution >= 0.6 is 0 Å². The highest BCUT2D eigenvalue weighted by Crippen LogP contribution is 2.15. The SMILES string of the molecule is CC(CCC(=O)O)N1CCn2ccnc2C1. The fourth-order valence-corrected chi connectivity index (χ4v) is 2.08. The minimum absolute atomic E-state index is 0.242. The van der Waals surface area contributed by atoms with Crippen molar-refractivity contribution in [1.82, 2.24) is 14.5 Å². The zero-order chi connectivity index (χ0) is 11.5. The summed E-state index contributed by atoms with van der Waals surface area (Å²) in [6, 6.07) is 0.307. The van der Waals surface area contributed by atoms with Crippen molar-refractivity contribution in [2.45, 2.75) is 38.9 Å². The first-order valence-electron chi connectivity index (χ1n) is 5.62. The number of rotatable bonds is 4. The van der Waals surface area contributed by atoms with Crippen molar-refractivity contribution in [2.24, 2.45) is 0 Å². The Balaban J connectivity index is 1.90. The van der Waals surface area contributed by atoms with Crippen LogP contribution in [0, 0.1) is 0 Å². The second-order valence-electron chi connectivity index (χ2n) is 4.29. The van der Waals surface area contributed by atoms with Crippen molar-refractivity contribution < 1.29 is 9.90 Å². The van der Waals surface area contributed by atoms with Crippen LogP contribution in [-0.4, -0.2) is 38.1 Å². The standard InChI is InChI=1S/C11H17N3O2/c1-9(2-3-11(15)16)14-7-6-13-5-4-12-10(13)8-14/h4-5,9H,2-3,6-8H2,1H3,(H,15,16). The Labute approximate surface area is 94.7 Å². The monoisotopic (exact) mass is 223 g/mol. The number of aromatic nitrogens is 2. The summed E-state index contributed by atoms with van der Waals surface area (Å²) in [4.78, 5) is 17.1. The highest BCUT2D eigenvalue weighted by molar-refractivity contribution is 5.66. The maximum Gasteiger partial charge on any atom is 0.303 e. The third kappa shape index (κ3) is 2.41. The van der Waals surface area contributed by atoms with Crippen LogP contribution in [0.4, 0.5) is 0 Å². The fraction of sp³-hybridized carbons (Fsp3) is 0.636. The molecule has 5 heteroatoms. The summed E-state index contributed by atoms with van der Waals surface area (Å²) in [7, 11) is 0. The quantitative estimate of drug-likeness (QED) is 0.825. The van der Waals surface area contributed by atoms with Crippen LogP contribution in [-0.2, 0) is 17.9 Å². The minimum atomic E-state index is -0.717. The summed E-state index contributed by atoms with van der Waals surface area (Å²) in [5.74, 6) is 0.360. The van der Waals surface area contributed by atoms with Gasteiger partial charge in [0.15, 0.2) is 0 Å². The number of fused-ring (bicyclic) bond motifs is 1.